The molecule has 34 heavy (non-hydrogen) atoms. The maximum absolute atomic E-state index is 14.2. The molecule has 0 N–H and O–H groups in total. The molecule has 2 heterocycles. The van der Waals surface area contributed by atoms with Crippen LogP contribution in [0.2, 0.25) is 0 Å². The summed E-state index contributed by atoms with van der Waals surface area (Å²) in [5.41, 5.74) is 0.854. The number of amides is 1. The molecule has 4 rings (SSSR count). The lowest BCUT2D eigenvalue weighted by Crippen LogP contribution is -2.40. The van der Waals surface area contributed by atoms with Crippen LogP contribution in [-0.4, -0.2) is 69.4 Å². The Labute approximate surface area is 200 Å². The van der Waals surface area contributed by atoms with E-state index in [1.54, 1.807) is 12.1 Å². The molecule has 0 atom stereocenters. The van der Waals surface area contributed by atoms with E-state index in [2.05, 4.69) is 9.88 Å². The number of rotatable bonds is 8. The highest BCUT2D eigenvalue weighted by Crippen LogP contribution is 2.31. The molecule has 0 bridgehead atoms. The molecule has 0 aliphatic carbocycles. The number of carbonyl (C=O) groups excluding carboxylic acids is 1. The Balaban J connectivity index is 1.58. The third-order valence-corrected chi connectivity index (χ3v) is 8.23. The van der Waals surface area contributed by atoms with Crippen molar-refractivity contribution >= 4 is 42.4 Å². The second-order valence-corrected chi connectivity index (χ2v) is 11.2. The Morgan fingerprint density at radius 2 is 1.88 bits per heavy atom. The number of ether oxygens (including phenoxy) is 1. The molecule has 1 aromatic heterocycles. The topological polar surface area (TPSA) is 79.8 Å². The summed E-state index contributed by atoms with van der Waals surface area (Å²) < 4.78 is 59.3. The molecular formula is C23H25F2N3O4S2. The number of aromatic nitrogens is 1. The minimum Gasteiger partial charge on any atom is -0.379 e. The summed E-state index contributed by atoms with van der Waals surface area (Å²) in [5.74, 6) is -2.99. The third-order valence-electron chi connectivity index (χ3n) is 5.59. The first-order valence-corrected chi connectivity index (χ1v) is 13.4. The van der Waals surface area contributed by atoms with Crippen molar-refractivity contribution in [1.29, 1.82) is 0 Å². The van der Waals surface area contributed by atoms with Crippen LogP contribution in [0.5, 0.6) is 0 Å². The van der Waals surface area contributed by atoms with Gasteiger partial charge in [0.05, 0.1) is 22.8 Å². The monoisotopic (exact) mass is 509 g/mol. The van der Waals surface area contributed by atoms with E-state index in [1.165, 1.54) is 17.0 Å². The van der Waals surface area contributed by atoms with E-state index >= 15 is 0 Å². The van der Waals surface area contributed by atoms with Crippen molar-refractivity contribution in [3.63, 3.8) is 0 Å². The van der Waals surface area contributed by atoms with Gasteiger partial charge in [-0.1, -0.05) is 29.0 Å². The highest BCUT2D eigenvalue weighted by Gasteiger charge is 2.27. The Morgan fingerprint density at radius 1 is 1.18 bits per heavy atom. The highest BCUT2D eigenvalue weighted by atomic mass is 32.2. The average Bonchev–Trinajstić information content (AvgIpc) is 3.21. The van der Waals surface area contributed by atoms with Crippen LogP contribution >= 0.6 is 11.3 Å². The lowest BCUT2D eigenvalue weighted by Gasteiger charge is -2.27. The molecule has 1 aliphatic rings. The molecule has 1 fully saturated rings. The Hall–Kier alpha value is -2.47. The van der Waals surface area contributed by atoms with E-state index in [4.69, 9.17) is 4.74 Å². The summed E-state index contributed by atoms with van der Waals surface area (Å²) in [5, 5.41) is 0.144. The van der Waals surface area contributed by atoms with Crippen LogP contribution in [0.15, 0.2) is 41.3 Å². The predicted molar refractivity (Wildman–Crippen MR) is 127 cm³/mol. The Bertz CT molecular complexity index is 1270. The molecule has 1 amide bonds. The fraction of sp³-hybridized carbons (Fsp3) is 0.391. The summed E-state index contributed by atoms with van der Waals surface area (Å²) in [4.78, 5) is 21.0. The fourth-order valence-corrected chi connectivity index (χ4v) is 5.98. The van der Waals surface area contributed by atoms with Crippen LogP contribution in [0, 0.1) is 18.6 Å². The summed E-state index contributed by atoms with van der Waals surface area (Å²) in [6.07, 6.45) is 0.559. The van der Waals surface area contributed by atoms with Gasteiger partial charge in [-0.15, -0.1) is 0 Å². The normalized spacial score (nSPS) is 15.0. The van der Waals surface area contributed by atoms with Gasteiger partial charge >= 0.3 is 0 Å². The van der Waals surface area contributed by atoms with Crippen molar-refractivity contribution in [1.82, 2.24) is 9.88 Å². The number of halogens is 2. The van der Waals surface area contributed by atoms with E-state index in [-0.39, 0.29) is 26.8 Å². The highest BCUT2D eigenvalue weighted by molar-refractivity contribution is 7.92. The first-order chi connectivity index (χ1) is 16.2. The van der Waals surface area contributed by atoms with Crippen molar-refractivity contribution < 1.29 is 26.7 Å². The molecule has 0 spiro atoms. The molecular weight excluding hydrogens is 484 g/mol. The van der Waals surface area contributed by atoms with Crippen LogP contribution in [0.3, 0.4) is 0 Å². The number of thiazole rings is 1. The maximum Gasteiger partial charge on any atom is 0.244 e. The third kappa shape index (κ3) is 5.77. The first kappa shape index (κ1) is 24.6. The van der Waals surface area contributed by atoms with Gasteiger partial charge in [-0.2, -0.15) is 0 Å². The fourth-order valence-electron chi connectivity index (χ4n) is 3.73. The quantitative estimate of drug-likeness (QED) is 0.463. The van der Waals surface area contributed by atoms with Gasteiger partial charge in [-0.3, -0.25) is 14.6 Å². The van der Waals surface area contributed by atoms with Gasteiger partial charge in [0.25, 0.3) is 0 Å². The summed E-state index contributed by atoms with van der Waals surface area (Å²) in [7, 11) is -3.90. The second-order valence-electron chi connectivity index (χ2n) is 8.16. The van der Waals surface area contributed by atoms with Crippen molar-refractivity contribution in [2.75, 3.05) is 50.0 Å². The summed E-state index contributed by atoms with van der Waals surface area (Å²) in [6, 6.07) is 8.16. The number of nitrogens with zero attached hydrogens (tertiary/aromatic N) is 3. The van der Waals surface area contributed by atoms with Crippen LogP contribution in [0.25, 0.3) is 10.2 Å². The van der Waals surface area contributed by atoms with E-state index in [0.717, 1.165) is 42.1 Å². The van der Waals surface area contributed by atoms with Gasteiger partial charge in [0, 0.05) is 32.2 Å². The van der Waals surface area contributed by atoms with Gasteiger partial charge in [0.2, 0.25) is 5.91 Å². The molecule has 2 aromatic carbocycles. The number of morpholine rings is 1. The average molecular weight is 510 g/mol. The van der Waals surface area contributed by atoms with Crippen LogP contribution in [-0.2, 0) is 19.4 Å². The number of hydrogen-bond donors (Lipinski definition) is 0. The minimum absolute atomic E-state index is 0.0474. The summed E-state index contributed by atoms with van der Waals surface area (Å²) in [6.45, 7) is 5.56. The molecule has 0 radical (unpaired) electrons. The molecule has 182 valence electrons. The molecule has 7 nitrogen and oxygen atoms in total. The zero-order chi connectivity index (χ0) is 24.3. The number of anilines is 1. The Kier molecular flexibility index (Phi) is 7.56. The zero-order valence-electron chi connectivity index (χ0n) is 18.7. The second kappa shape index (κ2) is 10.4. The van der Waals surface area contributed by atoms with E-state index in [9.17, 15) is 22.0 Å². The first-order valence-electron chi connectivity index (χ1n) is 10.9. The van der Waals surface area contributed by atoms with Gasteiger partial charge in [0.1, 0.15) is 17.1 Å². The lowest BCUT2D eigenvalue weighted by molar-refractivity contribution is -0.116. The molecule has 11 heteroatoms. The summed E-state index contributed by atoms with van der Waals surface area (Å²) >= 11 is 0.957. The zero-order valence-corrected chi connectivity index (χ0v) is 20.3. The van der Waals surface area contributed by atoms with Crippen LogP contribution in [0.4, 0.5) is 13.9 Å². The molecule has 1 saturated heterocycles. The van der Waals surface area contributed by atoms with Gasteiger partial charge in [0.15, 0.2) is 20.8 Å². The minimum atomic E-state index is -3.90. The number of sulfone groups is 1. The lowest BCUT2D eigenvalue weighted by atomic mass is 10.2. The van der Waals surface area contributed by atoms with E-state index in [0.29, 0.717) is 26.2 Å². The molecule has 3 aromatic rings. The van der Waals surface area contributed by atoms with E-state index < -0.39 is 33.1 Å². The smallest absolute Gasteiger partial charge is 0.244 e. The van der Waals surface area contributed by atoms with Crippen molar-refractivity contribution in [3.8, 4) is 0 Å². The SMILES string of the molecule is Cc1ccc(S(=O)(=O)CC(=O)N(CCCN2CCOCC2)c2nc3c(F)cc(F)cc3s2)cc1. The standard InChI is InChI=1S/C23H25F2N3O4S2/c1-16-3-5-18(6-4-16)34(30,31)15-21(29)28(8-2-7-27-9-11-32-12-10-27)23-26-22-19(25)13-17(24)14-20(22)33-23/h3-6,13-14H,2,7-12,15H2,1H3. The van der Waals surface area contributed by atoms with Crippen molar-refractivity contribution in [2.45, 2.75) is 18.2 Å². The van der Waals surface area contributed by atoms with Gasteiger partial charge in [-0.25, -0.2) is 22.2 Å². The molecule has 0 unspecified atom stereocenters. The van der Waals surface area contributed by atoms with Gasteiger partial charge in [-0.05, 0) is 31.5 Å². The number of fused-ring (bicyclic) bond motifs is 1. The largest absolute Gasteiger partial charge is 0.379 e. The predicted octanol–water partition coefficient (Wildman–Crippen LogP) is 3.41. The van der Waals surface area contributed by atoms with Crippen molar-refractivity contribution in [2.24, 2.45) is 0 Å². The Morgan fingerprint density at radius 3 is 2.59 bits per heavy atom. The molecule has 0 saturated carbocycles. The van der Waals surface area contributed by atoms with Gasteiger partial charge < -0.3 is 4.74 Å². The number of benzene rings is 2. The maximum atomic E-state index is 14.2. The van der Waals surface area contributed by atoms with Crippen LogP contribution in [0.1, 0.15) is 12.0 Å². The van der Waals surface area contributed by atoms with E-state index in [1.807, 2.05) is 6.92 Å². The number of carbonyl (C=O) groups is 1. The van der Waals surface area contributed by atoms with Crippen molar-refractivity contribution in [3.05, 3.63) is 53.6 Å². The number of aryl methyl sites for hydroxylation is 1. The number of hydrogen-bond acceptors (Lipinski definition) is 7. The van der Waals surface area contributed by atoms with Crippen LogP contribution < -0.4 is 4.90 Å². The molecule has 1 aliphatic heterocycles.